The highest BCUT2D eigenvalue weighted by atomic mass is 35.5. The number of piperidine rings is 1. The molecule has 4 rings (SSSR count). The lowest BCUT2D eigenvalue weighted by Gasteiger charge is -2.35. The van der Waals surface area contributed by atoms with Crippen molar-refractivity contribution < 1.29 is 17.9 Å². The molecule has 6 nitrogen and oxygen atoms in total. The lowest BCUT2D eigenvalue weighted by atomic mass is 9.97. The Kier molecular flexibility index (Phi) is 6.75. The molecule has 0 aromatic heterocycles. The fourth-order valence-corrected chi connectivity index (χ4v) is 5.17. The number of benzene rings is 2. The minimum Gasteiger partial charge on any atom is -0.486 e. The molecule has 0 bridgehead atoms. The van der Waals surface area contributed by atoms with Gasteiger partial charge in [-0.25, -0.2) is 13.1 Å². The molecule has 9 heteroatoms. The van der Waals surface area contributed by atoms with Crippen LogP contribution < -0.4 is 14.2 Å². The van der Waals surface area contributed by atoms with Gasteiger partial charge in [0.15, 0.2) is 11.5 Å². The molecular weight excluding hydrogens is 447 g/mol. The normalized spacial score (nSPS) is 20.3. The molecule has 2 heterocycles. The monoisotopic (exact) mass is 470 g/mol. The number of hydrogen-bond donors (Lipinski definition) is 1. The second-order valence-electron chi connectivity index (χ2n) is 7.69. The Morgan fingerprint density at radius 3 is 2.43 bits per heavy atom. The topological polar surface area (TPSA) is 67.9 Å². The highest BCUT2D eigenvalue weighted by Crippen LogP contribution is 2.34. The molecule has 1 N–H and O–H groups in total. The maximum absolute atomic E-state index is 12.4. The summed E-state index contributed by atoms with van der Waals surface area (Å²) in [5, 5.41) is 1.14. The van der Waals surface area contributed by atoms with Crippen LogP contribution in [0.1, 0.15) is 12.8 Å². The molecule has 0 spiro atoms. The summed E-state index contributed by atoms with van der Waals surface area (Å²) in [6.45, 7) is 3.52. The highest BCUT2D eigenvalue weighted by Gasteiger charge is 2.27. The van der Waals surface area contributed by atoms with Crippen LogP contribution in [-0.2, 0) is 10.0 Å². The third-order valence-electron chi connectivity index (χ3n) is 5.48. The van der Waals surface area contributed by atoms with Gasteiger partial charge >= 0.3 is 0 Å². The first-order valence-electron chi connectivity index (χ1n) is 9.96. The van der Waals surface area contributed by atoms with E-state index in [-0.39, 0.29) is 11.0 Å². The van der Waals surface area contributed by atoms with E-state index in [1.165, 1.54) is 12.1 Å². The number of nitrogens with one attached hydrogen (secondary N) is 1. The first-order chi connectivity index (χ1) is 14.4. The molecule has 1 fully saturated rings. The Morgan fingerprint density at radius 1 is 1.00 bits per heavy atom. The van der Waals surface area contributed by atoms with Crippen LogP contribution in [0.3, 0.4) is 0 Å². The number of rotatable bonds is 6. The molecule has 1 unspecified atom stereocenters. The van der Waals surface area contributed by atoms with Crippen molar-refractivity contribution in [2.45, 2.75) is 23.8 Å². The van der Waals surface area contributed by atoms with Crippen LogP contribution >= 0.6 is 23.2 Å². The van der Waals surface area contributed by atoms with Gasteiger partial charge in [0, 0.05) is 29.2 Å². The van der Waals surface area contributed by atoms with Gasteiger partial charge in [0.25, 0.3) is 0 Å². The van der Waals surface area contributed by atoms with Gasteiger partial charge in [-0.15, -0.1) is 0 Å². The highest BCUT2D eigenvalue weighted by molar-refractivity contribution is 7.89. The Morgan fingerprint density at radius 2 is 1.70 bits per heavy atom. The van der Waals surface area contributed by atoms with Crippen LogP contribution in [0.15, 0.2) is 47.4 Å². The molecule has 1 saturated heterocycles. The molecule has 0 radical (unpaired) electrons. The van der Waals surface area contributed by atoms with Crippen molar-refractivity contribution >= 4 is 33.2 Å². The van der Waals surface area contributed by atoms with Crippen LogP contribution in [0.25, 0.3) is 0 Å². The lowest BCUT2D eigenvalue weighted by molar-refractivity contribution is 0.0481. The molecule has 0 aliphatic carbocycles. The van der Waals surface area contributed by atoms with Crippen LogP contribution in [-0.4, -0.2) is 52.2 Å². The third-order valence-corrected chi connectivity index (χ3v) is 7.41. The predicted octanol–water partition coefficient (Wildman–Crippen LogP) is 3.82. The fourth-order valence-electron chi connectivity index (χ4n) is 3.77. The average molecular weight is 471 g/mol. The first kappa shape index (κ1) is 21.7. The molecule has 162 valence electrons. The van der Waals surface area contributed by atoms with Gasteiger partial charge in [0.1, 0.15) is 12.7 Å². The van der Waals surface area contributed by atoms with Gasteiger partial charge < -0.3 is 9.47 Å². The van der Waals surface area contributed by atoms with Gasteiger partial charge in [-0.1, -0.05) is 23.2 Å². The van der Waals surface area contributed by atoms with Gasteiger partial charge in [0.05, 0.1) is 4.90 Å². The third kappa shape index (κ3) is 5.39. The van der Waals surface area contributed by atoms with E-state index < -0.39 is 10.0 Å². The molecule has 0 amide bonds. The van der Waals surface area contributed by atoms with Gasteiger partial charge in [0.2, 0.25) is 10.0 Å². The summed E-state index contributed by atoms with van der Waals surface area (Å²) in [6, 6.07) is 11.6. The number of sulfonamides is 1. The largest absolute Gasteiger partial charge is 0.486 e. The summed E-state index contributed by atoms with van der Waals surface area (Å²) >= 11 is 11.9. The summed E-state index contributed by atoms with van der Waals surface area (Å²) in [4.78, 5) is 2.58. The van der Waals surface area contributed by atoms with Crippen molar-refractivity contribution in [2.24, 2.45) is 5.92 Å². The zero-order valence-electron chi connectivity index (χ0n) is 16.4. The lowest BCUT2D eigenvalue weighted by Crippen LogP contribution is -2.45. The summed E-state index contributed by atoms with van der Waals surface area (Å²) < 4.78 is 39.4. The number of hydrogen-bond acceptors (Lipinski definition) is 5. The molecule has 2 aromatic carbocycles. The van der Waals surface area contributed by atoms with Gasteiger partial charge in [-0.05, 0) is 68.2 Å². The van der Waals surface area contributed by atoms with Crippen molar-refractivity contribution in [3.8, 4) is 11.5 Å². The quantitative estimate of drug-likeness (QED) is 0.694. The molecule has 2 aliphatic rings. The van der Waals surface area contributed by atoms with Crippen molar-refractivity contribution in [3.05, 3.63) is 52.5 Å². The standard InChI is InChI=1S/C21H24Cl2N2O4S/c22-16-1-4-19(5-2-16)30(26,27)24-12-15-7-9-25(10-8-15)13-18-14-28-20-6-3-17(23)11-21(20)29-18/h1-6,11,15,18,24H,7-10,12-14H2. The van der Waals surface area contributed by atoms with Crippen molar-refractivity contribution in [1.82, 2.24) is 9.62 Å². The Hall–Kier alpha value is -1.51. The summed E-state index contributed by atoms with van der Waals surface area (Å²) in [5.74, 6) is 1.72. The number of fused-ring (bicyclic) bond motifs is 1. The Labute approximate surface area is 187 Å². The van der Waals surface area contributed by atoms with Crippen LogP contribution in [0, 0.1) is 5.92 Å². The van der Waals surface area contributed by atoms with E-state index in [0.29, 0.717) is 34.9 Å². The van der Waals surface area contributed by atoms with E-state index in [1.807, 2.05) is 6.07 Å². The first-order valence-corrected chi connectivity index (χ1v) is 12.2. The van der Waals surface area contributed by atoms with E-state index in [1.54, 1.807) is 24.3 Å². The molecule has 0 saturated carbocycles. The Balaban J connectivity index is 1.23. The zero-order valence-corrected chi connectivity index (χ0v) is 18.7. The van der Waals surface area contributed by atoms with Crippen LogP contribution in [0.2, 0.25) is 10.0 Å². The summed E-state index contributed by atoms with van der Waals surface area (Å²) in [6.07, 6.45) is 1.81. The Bertz CT molecular complexity index is 977. The summed E-state index contributed by atoms with van der Waals surface area (Å²) in [7, 11) is -3.51. The zero-order chi connectivity index (χ0) is 21.1. The smallest absolute Gasteiger partial charge is 0.240 e. The van der Waals surface area contributed by atoms with Gasteiger partial charge in [-0.2, -0.15) is 0 Å². The maximum Gasteiger partial charge on any atom is 0.240 e. The van der Waals surface area contributed by atoms with Gasteiger partial charge in [-0.3, -0.25) is 4.90 Å². The number of nitrogens with zero attached hydrogens (tertiary/aromatic N) is 1. The van der Waals surface area contributed by atoms with E-state index in [4.69, 9.17) is 32.7 Å². The molecule has 2 aromatic rings. The predicted molar refractivity (Wildman–Crippen MR) is 117 cm³/mol. The minimum absolute atomic E-state index is 0.0454. The number of likely N-dealkylation sites (tertiary alicyclic amines) is 1. The second-order valence-corrected chi connectivity index (χ2v) is 10.3. The molecule has 2 aliphatic heterocycles. The van der Waals surface area contributed by atoms with Crippen LogP contribution in [0.5, 0.6) is 11.5 Å². The number of halogens is 2. The maximum atomic E-state index is 12.4. The summed E-state index contributed by atoms with van der Waals surface area (Å²) in [5.41, 5.74) is 0. The van der Waals surface area contributed by atoms with E-state index in [2.05, 4.69) is 9.62 Å². The van der Waals surface area contributed by atoms with E-state index >= 15 is 0 Å². The molecule has 30 heavy (non-hydrogen) atoms. The minimum atomic E-state index is -3.51. The van der Waals surface area contributed by atoms with E-state index in [9.17, 15) is 8.42 Å². The number of ether oxygens (including phenoxy) is 2. The SMILES string of the molecule is O=S(=O)(NCC1CCN(CC2COc3ccc(Cl)cc3O2)CC1)c1ccc(Cl)cc1. The van der Waals surface area contributed by atoms with Crippen molar-refractivity contribution in [2.75, 3.05) is 32.8 Å². The average Bonchev–Trinajstić information content (AvgIpc) is 2.73. The second kappa shape index (κ2) is 9.32. The van der Waals surface area contributed by atoms with E-state index in [0.717, 1.165) is 38.2 Å². The van der Waals surface area contributed by atoms with Crippen LogP contribution in [0.4, 0.5) is 0 Å². The van der Waals surface area contributed by atoms with Crippen molar-refractivity contribution in [3.63, 3.8) is 0 Å². The van der Waals surface area contributed by atoms with Crippen molar-refractivity contribution in [1.29, 1.82) is 0 Å². The molecule has 1 atom stereocenters. The molecular formula is C21H24Cl2N2O4S. The fraction of sp³-hybridized carbons (Fsp3) is 0.429.